The summed E-state index contributed by atoms with van der Waals surface area (Å²) in [6.45, 7) is 0. The highest BCUT2D eigenvalue weighted by molar-refractivity contribution is 7.95. The average Bonchev–Trinajstić information content (AvgIpc) is 2.18. The molecule has 0 aliphatic heterocycles. The van der Waals surface area contributed by atoms with Gasteiger partial charge in [0.15, 0.2) is 0 Å². The van der Waals surface area contributed by atoms with Crippen molar-refractivity contribution in [3.63, 3.8) is 0 Å². The van der Waals surface area contributed by atoms with E-state index in [2.05, 4.69) is 5.32 Å². The maximum absolute atomic E-state index is 10.8. The van der Waals surface area contributed by atoms with Crippen molar-refractivity contribution in [1.29, 1.82) is 0 Å². The number of benzene rings is 1. The number of amides is 1. The van der Waals surface area contributed by atoms with Crippen molar-refractivity contribution in [2.75, 3.05) is 12.4 Å². The molecule has 76 valence electrons. The maximum atomic E-state index is 10.8. The lowest BCUT2D eigenvalue weighted by Crippen LogP contribution is -2.15. The number of nitrogens with one attached hydrogen (secondary N) is 1. The first-order valence-electron chi connectivity index (χ1n) is 3.68. The van der Waals surface area contributed by atoms with Crippen molar-refractivity contribution >= 4 is 22.0 Å². The molecule has 5 nitrogen and oxygen atoms in total. The zero-order valence-corrected chi connectivity index (χ0v) is 8.17. The number of hydrogen-bond donors (Lipinski definition) is 1. The lowest BCUT2D eigenvalue weighted by molar-refractivity contribution is 0.267. The molecular weight excluding hydrogens is 206 g/mol. The van der Waals surface area contributed by atoms with Crippen LogP contribution in [-0.4, -0.2) is 21.1 Å². The van der Waals surface area contributed by atoms with E-state index in [-0.39, 0.29) is 0 Å². The number of carbonyl (C=O) groups excluding carboxylic acids is 1. The van der Waals surface area contributed by atoms with Gasteiger partial charge in [0, 0.05) is 11.1 Å². The van der Waals surface area contributed by atoms with Crippen LogP contribution in [0.3, 0.4) is 0 Å². The summed E-state index contributed by atoms with van der Waals surface area (Å²) in [4.78, 5) is 10.8. The molecule has 0 heterocycles. The quantitative estimate of drug-likeness (QED) is 0.748. The topological polar surface area (TPSA) is 78.5 Å². The van der Waals surface area contributed by atoms with Gasteiger partial charge in [-0.3, -0.25) is 9.00 Å². The Morgan fingerprint density at radius 3 is 2.71 bits per heavy atom. The van der Waals surface area contributed by atoms with Crippen LogP contribution >= 0.6 is 0 Å². The molecule has 0 spiro atoms. The zero-order chi connectivity index (χ0) is 10.6. The second kappa shape index (κ2) is 4.73. The van der Waals surface area contributed by atoms with Crippen LogP contribution in [0.25, 0.3) is 0 Å². The Morgan fingerprint density at radius 2 is 2.14 bits per heavy atom. The average molecular weight is 214 g/mol. The molecule has 1 aromatic carbocycles. The lowest BCUT2D eigenvalue weighted by atomic mass is 10.3. The fraction of sp³-hybridized carbons (Fsp3) is 0.125. The van der Waals surface area contributed by atoms with Gasteiger partial charge >= 0.3 is 0 Å². The molecule has 1 unspecified atom stereocenters. The van der Waals surface area contributed by atoms with Crippen LogP contribution < -0.4 is 10.1 Å². The Morgan fingerprint density at radius 1 is 1.50 bits per heavy atom. The van der Waals surface area contributed by atoms with Gasteiger partial charge in [0.25, 0.3) is 5.24 Å². The van der Waals surface area contributed by atoms with Crippen molar-refractivity contribution in [3.8, 4) is 5.75 Å². The highest BCUT2D eigenvalue weighted by Crippen LogP contribution is 2.22. The van der Waals surface area contributed by atoms with E-state index in [4.69, 9.17) is 4.74 Å². The predicted octanol–water partition coefficient (Wildman–Crippen LogP) is 1.11. The fourth-order valence-electron chi connectivity index (χ4n) is 0.900. The first kappa shape index (κ1) is 10.7. The van der Waals surface area contributed by atoms with Gasteiger partial charge in [-0.2, -0.15) is 0 Å². The fourth-order valence-corrected chi connectivity index (χ4v) is 1.09. The minimum atomic E-state index is -2.78. The Labute approximate surface area is 83.4 Å². The summed E-state index contributed by atoms with van der Waals surface area (Å²) in [6.07, 6.45) is 0. The molecule has 1 atom stereocenters. The molecule has 0 saturated carbocycles. The Kier molecular flexibility index (Phi) is 3.61. The Balaban J connectivity index is 2.85. The molecule has 0 saturated heterocycles. The predicted molar refractivity (Wildman–Crippen MR) is 50.9 cm³/mol. The van der Waals surface area contributed by atoms with Crippen molar-refractivity contribution in [3.05, 3.63) is 24.3 Å². The van der Waals surface area contributed by atoms with E-state index in [1.54, 1.807) is 24.3 Å². The van der Waals surface area contributed by atoms with Crippen molar-refractivity contribution in [2.45, 2.75) is 0 Å². The molecule has 0 aliphatic carbocycles. The lowest BCUT2D eigenvalue weighted by Gasteiger charge is -2.10. The standard InChI is InChI=1S/C8H9NO4S/c1-13-7-5-3-2-4-6(7)9-8(10)14(11)12/h2-5H,1H3,(H,9,10)(H,11,12)/p-1. The van der Waals surface area contributed by atoms with Gasteiger partial charge in [-0.1, -0.05) is 12.1 Å². The van der Waals surface area contributed by atoms with Crippen LogP contribution in [0, 0.1) is 0 Å². The van der Waals surface area contributed by atoms with Crippen LogP contribution in [-0.2, 0) is 11.1 Å². The summed E-state index contributed by atoms with van der Waals surface area (Å²) < 4.78 is 25.4. The second-order valence-electron chi connectivity index (χ2n) is 2.35. The molecule has 0 aromatic heterocycles. The zero-order valence-electron chi connectivity index (χ0n) is 7.35. The molecule has 0 radical (unpaired) electrons. The number of hydrogen-bond acceptors (Lipinski definition) is 4. The smallest absolute Gasteiger partial charge is 0.300 e. The summed E-state index contributed by atoms with van der Waals surface area (Å²) in [5.74, 6) is 0.409. The van der Waals surface area contributed by atoms with Crippen LogP contribution in [0.4, 0.5) is 10.5 Å². The molecule has 1 N–H and O–H groups in total. The maximum Gasteiger partial charge on any atom is 0.300 e. The third-order valence-corrected chi connectivity index (χ3v) is 1.90. The van der Waals surface area contributed by atoms with Gasteiger partial charge in [-0.25, -0.2) is 0 Å². The summed E-state index contributed by atoms with van der Waals surface area (Å²) in [5, 5.41) is 1.10. The molecular formula is C8H8NO4S-. The monoisotopic (exact) mass is 214 g/mol. The first-order chi connectivity index (χ1) is 6.65. The molecule has 14 heavy (non-hydrogen) atoms. The number of carbonyl (C=O) groups is 1. The molecule has 1 aromatic rings. The van der Waals surface area contributed by atoms with Gasteiger partial charge in [0.2, 0.25) is 0 Å². The number of anilines is 1. The van der Waals surface area contributed by atoms with E-state index in [1.807, 2.05) is 0 Å². The number of para-hydroxylation sites is 2. The van der Waals surface area contributed by atoms with Gasteiger partial charge in [0.05, 0.1) is 12.8 Å². The minimum absolute atomic E-state index is 0.323. The SMILES string of the molecule is COc1ccccc1NC(=O)S(=O)[O-]. The van der Waals surface area contributed by atoms with E-state index >= 15 is 0 Å². The van der Waals surface area contributed by atoms with Gasteiger partial charge in [-0.15, -0.1) is 0 Å². The summed E-state index contributed by atoms with van der Waals surface area (Å²) >= 11 is -2.78. The molecule has 0 aliphatic rings. The number of ether oxygens (including phenoxy) is 1. The van der Waals surface area contributed by atoms with E-state index in [0.717, 1.165) is 0 Å². The minimum Gasteiger partial charge on any atom is -0.765 e. The molecule has 0 fully saturated rings. The van der Waals surface area contributed by atoms with E-state index < -0.39 is 16.3 Å². The Hall–Kier alpha value is -1.40. The third-order valence-electron chi connectivity index (χ3n) is 1.50. The van der Waals surface area contributed by atoms with Crippen LogP contribution in [0.1, 0.15) is 0 Å². The number of rotatable bonds is 2. The molecule has 0 bridgehead atoms. The highest BCUT2D eigenvalue weighted by Gasteiger charge is 2.05. The normalized spacial score (nSPS) is 11.9. The largest absolute Gasteiger partial charge is 0.765 e. The van der Waals surface area contributed by atoms with E-state index in [1.165, 1.54) is 7.11 Å². The summed E-state index contributed by atoms with van der Waals surface area (Å²) in [7, 11) is 1.43. The van der Waals surface area contributed by atoms with Crippen LogP contribution in [0.2, 0.25) is 0 Å². The second-order valence-corrected chi connectivity index (χ2v) is 3.19. The van der Waals surface area contributed by atoms with Gasteiger partial charge in [-0.05, 0) is 12.1 Å². The first-order valence-corrected chi connectivity index (χ1v) is 4.76. The number of methoxy groups -OCH3 is 1. The van der Waals surface area contributed by atoms with Crippen LogP contribution in [0.5, 0.6) is 5.75 Å². The highest BCUT2D eigenvalue weighted by atomic mass is 32.2. The third kappa shape index (κ3) is 2.54. The molecule has 1 amide bonds. The Bertz CT molecular complexity index is 366. The summed E-state index contributed by atoms with van der Waals surface area (Å²) in [5.41, 5.74) is 0.323. The van der Waals surface area contributed by atoms with Crippen molar-refractivity contribution in [1.82, 2.24) is 0 Å². The van der Waals surface area contributed by atoms with Crippen molar-refractivity contribution in [2.24, 2.45) is 0 Å². The van der Waals surface area contributed by atoms with E-state index in [9.17, 15) is 13.6 Å². The van der Waals surface area contributed by atoms with Gasteiger partial charge < -0.3 is 14.6 Å². The van der Waals surface area contributed by atoms with Gasteiger partial charge in [0.1, 0.15) is 5.75 Å². The summed E-state index contributed by atoms with van der Waals surface area (Å²) in [6, 6.07) is 6.53. The van der Waals surface area contributed by atoms with Crippen molar-refractivity contribution < 1.29 is 18.3 Å². The molecule has 6 heteroatoms. The van der Waals surface area contributed by atoms with Crippen LogP contribution in [0.15, 0.2) is 24.3 Å². The molecule has 1 rings (SSSR count). The van der Waals surface area contributed by atoms with E-state index in [0.29, 0.717) is 11.4 Å².